The van der Waals surface area contributed by atoms with Crippen molar-refractivity contribution in [3.8, 4) is 10.6 Å². The SMILES string of the molecule is Clc1cccc(CCNc2ncc(-c3nc4ccccc4s3)cn2)c1. The highest BCUT2D eigenvalue weighted by atomic mass is 35.5. The fourth-order valence-corrected chi connectivity index (χ4v) is 3.69. The van der Waals surface area contributed by atoms with Gasteiger partial charge in [-0.25, -0.2) is 15.0 Å². The maximum absolute atomic E-state index is 6.00. The molecule has 0 radical (unpaired) electrons. The lowest BCUT2D eigenvalue weighted by Crippen LogP contribution is -2.07. The smallest absolute Gasteiger partial charge is 0.222 e. The van der Waals surface area contributed by atoms with Crippen molar-refractivity contribution in [1.82, 2.24) is 15.0 Å². The van der Waals surface area contributed by atoms with Gasteiger partial charge in [-0.2, -0.15) is 0 Å². The molecule has 0 unspecified atom stereocenters. The van der Waals surface area contributed by atoms with E-state index < -0.39 is 0 Å². The third-order valence-electron chi connectivity index (χ3n) is 3.78. The highest BCUT2D eigenvalue weighted by Crippen LogP contribution is 2.29. The molecule has 0 fully saturated rings. The molecule has 0 spiro atoms. The molecule has 0 aliphatic heterocycles. The number of fused-ring (bicyclic) bond motifs is 1. The first-order chi connectivity index (χ1) is 12.3. The summed E-state index contributed by atoms with van der Waals surface area (Å²) < 4.78 is 1.17. The number of thiazole rings is 1. The Kier molecular flexibility index (Phi) is 4.59. The molecule has 6 heteroatoms. The molecule has 2 aromatic heterocycles. The number of aromatic nitrogens is 3. The van der Waals surface area contributed by atoms with Crippen LogP contribution in [-0.4, -0.2) is 21.5 Å². The lowest BCUT2D eigenvalue weighted by atomic mass is 10.1. The van der Waals surface area contributed by atoms with Gasteiger partial charge in [-0.1, -0.05) is 35.9 Å². The van der Waals surface area contributed by atoms with Crippen LogP contribution in [0.1, 0.15) is 5.56 Å². The van der Waals surface area contributed by atoms with Crippen LogP contribution in [0, 0.1) is 0 Å². The molecule has 2 aromatic carbocycles. The fourth-order valence-electron chi connectivity index (χ4n) is 2.54. The Morgan fingerprint density at radius 1 is 1.00 bits per heavy atom. The number of para-hydroxylation sites is 1. The lowest BCUT2D eigenvalue weighted by Gasteiger charge is -2.05. The van der Waals surface area contributed by atoms with Gasteiger partial charge in [0.25, 0.3) is 0 Å². The van der Waals surface area contributed by atoms with Gasteiger partial charge >= 0.3 is 0 Å². The van der Waals surface area contributed by atoms with Gasteiger partial charge in [0, 0.05) is 29.5 Å². The van der Waals surface area contributed by atoms with Crippen LogP contribution in [0.3, 0.4) is 0 Å². The largest absolute Gasteiger partial charge is 0.354 e. The van der Waals surface area contributed by atoms with E-state index in [4.69, 9.17) is 11.6 Å². The number of rotatable bonds is 5. The summed E-state index contributed by atoms with van der Waals surface area (Å²) in [5.41, 5.74) is 3.12. The van der Waals surface area contributed by atoms with Gasteiger partial charge < -0.3 is 5.32 Å². The Labute approximate surface area is 154 Å². The minimum Gasteiger partial charge on any atom is -0.354 e. The van der Waals surface area contributed by atoms with Crippen LogP contribution >= 0.6 is 22.9 Å². The number of benzene rings is 2. The van der Waals surface area contributed by atoms with E-state index in [1.165, 1.54) is 10.3 Å². The molecule has 0 bridgehead atoms. The van der Waals surface area contributed by atoms with Crippen molar-refractivity contribution in [3.63, 3.8) is 0 Å². The first kappa shape index (κ1) is 16.0. The van der Waals surface area contributed by atoms with Crippen molar-refractivity contribution in [2.24, 2.45) is 0 Å². The second-order valence-corrected chi connectivity index (χ2v) is 7.06. The quantitative estimate of drug-likeness (QED) is 0.536. The summed E-state index contributed by atoms with van der Waals surface area (Å²) >= 11 is 7.64. The highest BCUT2D eigenvalue weighted by Gasteiger charge is 2.07. The molecule has 0 saturated carbocycles. The maximum Gasteiger partial charge on any atom is 0.222 e. The predicted molar refractivity (Wildman–Crippen MR) is 104 cm³/mol. The van der Waals surface area contributed by atoms with Gasteiger partial charge in [-0.3, -0.25) is 0 Å². The predicted octanol–water partition coefficient (Wildman–Crippen LogP) is 5.06. The summed E-state index contributed by atoms with van der Waals surface area (Å²) in [7, 11) is 0. The molecular weight excluding hydrogens is 352 g/mol. The first-order valence-electron chi connectivity index (χ1n) is 7.94. The van der Waals surface area contributed by atoms with Crippen LogP contribution in [0.4, 0.5) is 5.95 Å². The minimum absolute atomic E-state index is 0.617. The second kappa shape index (κ2) is 7.17. The lowest BCUT2D eigenvalue weighted by molar-refractivity contribution is 0.984. The summed E-state index contributed by atoms with van der Waals surface area (Å²) in [4.78, 5) is 13.4. The van der Waals surface area contributed by atoms with E-state index >= 15 is 0 Å². The Morgan fingerprint density at radius 2 is 1.84 bits per heavy atom. The Bertz CT molecular complexity index is 965. The fraction of sp³-hybridized carbons (Fsp3) is 0.105. The van der Waals surface area contributed by atoms with Gasteiger partial charge in [0.1, 0.15) is 5.01 Å². The van der Waals surface area contributed by atoms with Gasteiger partial charge in [0.05, 0.1) is 10.2 Å². The zero-order valence-electron chi connectivity index (χ0n) is 13.3. The van der Waals surface area contributed by atoms with Crippen LogP contribution in [0.5, 0.6) is 0 Å². The van der Waals surface area contributed by atoms with Crippen molar-refractivity contribution >= 4 is 39.1 Å². The molecule has 2 heterocycles. The van der Waals surface area contributed by atoms with Crippen molar-refractivity contribution < 1.29 is 0 Å². The van der Waals surface area contributed by atoms with Gasteiger partial charge in [-0.15, -0.1) is 11.3 Å². The van der Waals surface area contributed by atoms with Crippen LogP contribution < -0.4 is 5.32 Å². The normalized spacial score (nSPS) is 10.9. The molecule has 0 amide bonds. The Hall–Kier alpha value is -2.50. The van der Waals surface area contributed by atoms with E-state index in [0.29, 0.717) is 5.95 Å². The summed E-state index contributed by atoms with van der Waals surface area (Å²) in [5.74, 6) is 0.617. The van der Waals surface area contributed by atoms with Gasteiger partial charge in [0.15, 0.2) is 0 Å². The highest BCUT2D eigenvalue weighted by molar-refractivity contribution is 7.21. The molecule has 0 atom stereocenters. The monoisotopic (exact) mass is 366 g/mol. The Balaban J connectivity index is 1.41. The van der Waals surface area contributed by atoms with E-state index in [2.05, 4.69) is 32.4 Å². The number of anilines is 1. The number of hydrogen-bond acceptors (Lipinski definition) is 5. The summed E-state index contributed by atoms with van der Waals surface area (Å²) in [6.45, 7) is 0.751. The zero-order chi connectivity index (χ0) is 17.1. The molecule has 1 N–H and O–H groups in total. The number of halogens is 1. The molecule has 25 heavy (non-hydrogen) atoms. The molecule has 124 valence electrons. The van der Waals surface area contributed by atoms with Gasteiger partial charge in [0.2, 0.25) is 5.95 Å². The van der Waals surface area contributed by atoms with Crippen molar-refractivity contribution in [1.29, 1.82) is 0 Å². The topological polar surface area (TPSA) is 50.7 Å². The average molecular weight is 367 g/mol. The molecule has 4 aromatic rings. The number of nitrogens with one attached hydrogen (secondary N) is 1. The third kappa shape index (κ3) is 3.78. The standard InChI is InChI=1S/C19H15ClN4S/c20-15-5-3-4-13(10-15)8-9-21-19-22-11-14(12-23-19)18-24-16-6-1-2-7-17(16)25-18/h1-7,10-12H,8-9H2,(H,21,22,23). The molecule has 4 nitrogen and oxygen atoms in total. The average Bonchev–Trinajstić information content (AvgIpc) is 3.06. The Morgan fingerprint density at radius 3 is 2.64 bits per heavy atom. The minimum atomic E-state index is 0.617. The van der Waals surface area contributed by atoms with Crippen LogP contribution in [0.15, 0.2) is 60.9 Å². The molecule has 0 aliphatic carbocycles. The van der Waals surface area contributed by atoms with Crippen LogP contribution in [0.2, 0.25) is 5.02 Å². The van der Waals surface area contributed by atoms with E-state index in [0.717, 1.165) is 34.1 Å². The maximum atomic E-state index is 6.00. The molecular formula is C19H15ClN4S. The van der Waals surface area contributed by atoms with E-state index in [1.54, 1.807) is 11.3 Å². The second-order valence-electron chi connectivity index (χ2n) is 5.59. The summed E-state index contributed by atoms with van der Waals surface area (Å²) in [6, 6.07) is 16.0. The van der Waals surface area contributed by atoms with E-state index in [9.17, 15) is 0 Å². The molecule has 0 saturated heterocycles. The van der Waals surface area contributed by atoms with E-state index in [1.807, 2.05) is 48.8 Å². The molecule has 0 aliphatic rings. The third-order valence-corrected chi connectivity index (χ3v) is 5.10. The molecule has 4 rings (SSSR count). The van der Waals surface area contributed by atoms with Crippen molar-refractivity contribution in [2.45, 2.75) is 6.42 Å². The first-order valence-corrected chi connectivity index (χ1v) is 9.14. The zero-order valence-corrected chi connectivity index (χ0v) is 14.9. The van der Waals surface area contributed by atoms with Crippen LogP contribution in [0.25, 0.3) is 20.8 Å². The van der Waals surface area contributed by atoms with Gasteiger partial charge in [-0.05, 0) is 36.2 Å². The van der Waals surface area contributed by atoms with Crippen molar-refractivity contribution in [3.05, 3.63) is 71.5 Å². The number of nitrogens with zero attached hydrogens (tertiary/aromatic N) is 3. The summed E-state index contributed by atoms with van der Waals surface area (Å²) in [5, 5.41) is 4.93. The summed E-state index contributed by atoms with van der Waals surface area (Å²) in [6.07, 6.45) is 4.49. The van der Waals surface area contributed by atoms with Crippen LogP contribution in [-0.2, 0) is 6.42 Å². The number of hydrogen-bond donors (Lipinski definition) is 1. The van der Waals surface area contributed by atoms with Crippen molar-refractivity contribution in [2.75, 3.05) is 11.9 Å². The van der Waals surface area contributed by atoms with E-state index in [-0.39, 0.29) is 0 Å².